The number of hydrogen-bond donors (Lipinski definition) is 1. The Balaban J connectivity index is 0.00000128. The number of rotatable bonds is 1. The van der Waals surface area contributed by atoms with E-state index < -0.39 is 0 Å². The van der Waals surface area contributed by atoms with Crippen molar-refractivity contribution in [2.24, 2.45) is 0 Å². The van der Waals surface area contributed by atoms with Gasteiger partial charge in [-0.25, -0.2) is 0 Å². The van der Waals surface area contributed by atoms with Crippen molar-refractivity contribution >= 4 is 11.6 Å². The normalized spacial score (nSPS) is 15.4. The van der Waals surface area contributed by atoms with Crippen LogP contribution < -0.4 is 5.73 Å². The minimum atomic E-state index is 0. The van der Waals surface area contributed by atoms with Crippen molar-refractivity contribution in [2.75, 3.05) is 18.8 Å². The largest absolute Gasteiger partial charge is 1.00 e. The molecule has 1 radical (unpaired) electrons. The van der Waals surface area contributed by atoms with E-state index in [0.29, 0.717) is 5.69 Å². The molecule has 87 valence electrons. The molecule has 1 aromatic rings. The number of benzene rings is 1. The van der Waals surface area contributed by atoms with Crippen molar-refractivity contribution in [3.63, 3.8) is 0 Å². The van der Waals surface area contributed by atoms with Crippen LogP contribution in [0.25, 0.3) is 0 Å². The van der Waals surface area contributed by atoms with Gasteiger partial charge in [0, 0.05) is 17.8 Å². The Morgan fingerprint density at radius 2 is 2.00 bits per heavy atom. The minimum absolute atomic E-state index is 0. The fraction of sp³-hybridized carbons (Fsp3) is 0.333. The maximum absolute atomic E-state index is 12.0. The van der Waals surface area contributed by atoms with E-state index in [2.05, 4.69) is 6.42 Å². The van der Waals surface area contributed by atoms with Gasteiger partial charge in [-0.1, -0.05) is 6.42 Å². The van der Waals surface area contributed by atoms with Gasteiger partial charge in [-0.3, -0.25) is 4.79 Å². The molecular weight excluding hydrogens is 289 g/mol. The van der Waals surface area contributed by atoms with E-state index in [9.17, 15) is 4.79 Å². The number of carbonyl (C=O) groups is 1. The van der Waals surface area contributed by atoms with Crippen molar-refractivity contribution in [3.8, 4) is 0 Å². The van der Waals surface area contributed by atoms with E-state index in [-0.39, 0.29) is 25.4 Å². The third kappa shape index (κ3) is 3.05. The van der Waals surface area contributed by atoms with Crippen molar-refractivity contribution in [2.45, 2.75) is 12.8 Å². The summed E-state index contributed by atoms with van der Waals surface area (Å²) in [7, 11) is 0. The fourth-order valence-corrected chi connectivity index (χ4v) is 1.76. The van der Waals surface area contributed by atoms with Crippen LogP contribution in [0, 0.1) is 6.42 Å². The second-order valence-electron chi connectivity index (χ2n) is 3.80. The van der Waals surface area contributed by atoms with Crippen molar-refractivity contribution < 1.29 is 24.3 Å². The number of piperidine rings is 1. The van der Waals surface area contributed by atoms with Crippen molar-refractivity contribution in [3.05, 3.63) is 36.2 Å². The van der Waals surface area contributed by atoms with Crippen LogP contribution in [-0.2, 0) is 19.5 Å². The summed E-state index contributed by atoms with van der Waals surface area (Å²) < 4.78 is 0. The number of nitrogens with zero attached hydrogens (tertiary/aromatic N) is 1. The Kier molecular flexibility index (Phi) is 4.94. The SMILES string of the molecule is Nc1ccc(C(=O)N2C[CH-]CCC2)cc1.[Ru+]. The summed E-state index contributed by atoms with van der Waals surface area (Å²) in [4.78, 5) is 13.8. The summed E-state index contributed by atoms with van der Waals surface area (Å²) in [6.07, 6.45) is 4.34. The summed E-state index contributed by atoms with van der Waals surface area (Å²) >= 11 is 0. The van der Waals surface area contributed by atoms with Gasteiger partial charge in [0.2, 0.25) is 0 Å². The van der Waals surface area contributed by atoms with Crippen LogP contribution in [0.5, 0.6) is 0 Å². The third-order valence-electron chi connectivity index (χ3n) is 2.63. The molecule has 1 aliphatic heterocycles. The molecule has 0 bridgehead atoms. The Hall–Kier alpha value is -0.887. The Bertz CT molecular complexity index is 345. The summed E-state index contributed by atoms with van der Waals surface area (Å²) in [5.41, 5.74) is 6.99. The maximum atomic E-state index is 12.0. The van der Waals surface area contributed by atoms with E-state index in [4.69, 9.17) is 5.73 Å². The van der Waals surface area contributed by atoms with Gasteiger partial charge in [-0.15, -0.1) is 6.54 Å². The van der Waals surface area contributed by atoms with Crippen molar-refractivity contribution in [1.82, 2.24) is 4.90 Å². The van der Waals surface area contributed by atoms with Crippen LogP contribution in [0.2, 0.25) is 0 Å². The molecule has 1 amide bonds. The summed E-state index contributed by atoms with van der Waals surface area (Å²) in [5.74, 6) is 0.103. The average Bonchev–Trinajstić information content (AvgIpc) is 2.30. The molecule has 0 aromatic heterocycles. The van der Waals surface area contributed by atoms with Crippen LogP contribution in [0.1, 0.15) is 23.2 Å². The second kappa shape index (κ2) is 6.00. The van der Waals surface area contributed by atoms with Crippen LogP contribution in [-0.4, -0.2) is 23.9 Å². The predicted octanol–water partition coefficient (Wildman–Crippen LogP) is 1.71. The molecule has 1 aromatic carbocycles. The van der Waals surface area contributed by atoms with Crippen LogP contribution in [0.15, 0.2) is 24.3 Å². The number of likely N-dealkylation sites (tertiary alicyclic amines) is 1. The summed E-state index contributed by atoms with van der Waals surface area (Å²) in [6.45, 7) is 1.63. The second-order valence-corrected chi connectivity index (χ2v) is 3.80. The molecule has 0 spiro atoms. The molecule has 4 heteroatoms. The number of anilines is 1. The van der Waals surface area contributed by atoms with Gasteiger partial charge in [-0.2, -0.15) is 6.42 Å². The molecule has 1 fully saturated rings. The molecule has 1 heterocycles. The molecule has 3 nitrogen and oxygen atoms in total. The van der Waals surface area contributed by atoms with E-state index in [1.54, 1.807) is 24.3 Å². The number of carbonyl (C=O) groups excluding carboxylic acids is 1. The van der Waals surface area contributed by atoms with Gasteiger partial charge < -0.3 is 17.1 Å². The average molecular weight is 304 g/mol. The minimum Gasteiger partial charge on any atom is -0.399 e. The fourth-order valence-electron chi connectivity index (χ4n) is 1.76. The van der Waals surface area contributed by atoms with Gasteiger partial charge in [0.15, 0.2) is 0 Å². The first-order valence-corrected chi connectivity index (χ1v) is 5.24. The van der Waals surface area contributed by atoms with E-state index >= 15 is 0 Å². The Morgan fingerprint density at radius 3 is 2.56 bits per heavy atom. The Morgan fingerprint density at radius 1 is 1.31 bits per heavy atom. The molecule has 2 N–H and O–H groups in total. The molecule has 0 unspecified atom stereocenters. The molecule has 16 heavy (non-hydrogen) atoms. The van der Waals surface area contributed by atoms with Crippen LogP contribution in [0.3, 0.4) is 0 Å². The van der Waals surface area contributed by atoms with E-state index in [1.807, 2.05) is 4.90 Å². The number of nitrogens with two attached hydrogens (primary N) is 1. The molecule has 2 rings (SSSR count). The first-order valence-electron chi connectivity index (χ1n) is 5.24. The van der Waals surface area contributed by atoms with E-state index in [1.165, 1.54) is 0 Å². The molecule has 0 aliphatic carbocycles. The third-order valence-corrected chi connectivity index (χ3v) is 2.63. The van der Waals surface area contributed by atoms with Crippen LogP contribution >= 0.6 is 0 Å². The molecular formula is C12H15N2ORu. The summed E-state index contributed by atoms with van der Waals surface area (Å²) in [5, 5.41) is 0. The maximum Gasteiger partial charge on any atom is 1.00 e. The number of hydrogen-bond acceptors (Lipinski definition) is 2. The van der Waals surface area contributed by atoms with Gasteiger partial charge in [0.25, 0.3) is 5.91 Å². The molecule has 1 aliphatic rings. The number of nitrogen functional groups attached to an aromatic ring is 1. The zero-order valence-electron chi connectivity index (χ0n) is 9.00. The zero-order valence-corrected chi connectivity index (χ0v) is 10.7. The van der Waals surface area contributed by atoms with E-state index in [0.717, 1.165) is 31.5 Å². The zero-order chi connectivity index (χ0) is 10.7. The molecule has 0 saturated carbocycles. The van der Waals surface area contributed by atoms with Crippen LogP contribution in [0.4, 0.5) is 5.69 Å². The topological polar surface area (TPSA) is 46.3 Å². The quantitative estimate of drug-likeness (QED) is 0.488. The predicted molar refractivity (Wildman–Crippen MR) is 60.3 cm³/mol. The summed E-state index contributed by atoms with van der Waals surface area (Å²) in [6, 6.07) is 7.10. The van der Waals surface area contributed by atoms with Gasteiger partial charge in [0.05, 0.1) is 0 Å². The molecule has 0 atom stereocenters. The molecule has 1 saturated heterocycles. The number of amides is 1. The van der Waals surface area contributed by atoms with Gasteiger partial charge in [-0.05, 0) is 24.3 Å². The first-order chi connectivity index (χ1) is 7.27. The van der Waals surface area contributed by atoms with Gasteiger partial charge in [0.1, 0.15) is 0 Å². The monoisotopic (exact) mass is 305 g/mol. The van der Waals surface area contributed by atoms with Crippen molar-refractivity contribution in [1.29, 1.82) is 0 Å². The Labute approximate surface area is 109 Å². The first kappa shape index (κ1) is 13.2. The standard InChI is InChI=1S/C12H15N2O.Ru/c13-11-6-4-10(5-7-11)12(15)14-8-2-1-3-9-14;/h2,4-7H,1,3,8-9,13H2;/q-1;+1. The van der Waals surface area contributed by atoms with Gasteiger partial charge >= 0.3 is 19.5 Å². The smallest absolute Gasteiger partial charge is 0.399 e.